The lowest BCUT2D eigenvalue weighted by Gasteiger charge is -2.40. The maximum Gasteiger partial charge on any atom is 0.250 e. The number of fused-ring (bicyclic) bond motifs is 1. The lowest BCUT2D eigenvalue weighted by molar-refractivity contribution is -0.140. The van der Waals surface area contributed by atoms with Crippen molar-refractivity contribution < 1.29 is 9.59 Å². The van der Waals surface area contributed by atoms with Gasteiger partial charge in [0, 0.05) is 17.5 Å². The molecule has 2 heterocycles. The van der Waals surface area contributed by atoms with Crippen LogP contribution >= 0.6 is 11.8 Å². The van der Waals surface area contributed by atoms with Crippen LogP contribution in [-0.2, 0) is 9.59 Å². The second-order valence-corrected chi connectivity index (χ2v) is 7.39. The Morgan fingerprint density at radius 2 is 2.14 bits per heavy atom. The molecule has 1 aromatic rings. The predicted octanol–water partition coefficient (Wildman–Crippen LogP) is 2.89. The third-order valence-electron chi connectivity index (χ3n) is 4.35. The average Bonchev–Trinajstić information content (AvgIpc) is 2.48. The molecule has 1 saturated heterocycles. The highest BCUT2D eigenvalue weighted by Crippen LogP contribution is 2.43. The summed E-state index contributed by atoms with van der Waals surface area (Å²) in [6.07, 6.45) is 3.20. The van der Waals surface area contributed by atoms with E-state index in [9.17, 15) is 9.59 Å². The van der Waals surface area contributed by atoms with Gasteiger partial charge in [-0.3, -0.25) is 9.59 Å². The number of rotatable bonds is 1. The zero-order valence-electron chi connectivity index (χ0n) is 12.4. The van der Waals surface area contributed by atoms with Gasteiger partial charge in [0.25, 0.3) is 0 Å². The molecule has 1 aromatic carbocycles. The molecule has 112 valence electrons. The van der Waals surface area contributed by atoms with Crippen molar-refractivity contribution in [2.24, 2.45) is 0 Å². The van der Waals surface area contributed by atoms with Crippen LogP contribution in [-0.4, -0.2) is 34.0 Å². The molecule has 3 rings (SSSR count). The van der Waals surface area contributed by atoms with Crippen molar-refractivity contribution in [1.82, 2.24) is 4.90 Å². The third kappa shape index (κ3) is 2.44. The van der Waals surface area contributed by atoms with Gasteiger partial charge in [-0.1, -0.05) is 23.9 Å². The first-order valence-electron chi connectivity index (χ1n) is 7.43. The molecule has 0 bridgehead atoms. The molecule has 0 radical (unpaired) electrons. The molecule has 2 aliphatic rings. The average molecular weight is 304 g/mol. The van der Waals surface area contributed by atoms with Gasteiger partial charge in [-0.2, -0.15) is 0 Å². The van der Waals surface area contributed by atoms with Gasteiger partial charge in [0.15, 0.2) is 4.75 Å². The van der Waals surface area contributed by atoms with Crippen LogP contribution in [0, 0.1) is 0 Å². The predicted molar refractivity (Wildman–Crippen MR) is 84.4 cm³/mol. The number of para-hydroxylation sites is 1. The van der Waals surface area contributed by atoms with E-state index in [1.807, 2.05) is 29.2 Å². The van der Waals surface area contributed by atoms with Crippen LogP contribution in [0.1, 0.15) is 33.1 Å². The van der Waals surface area contributed by atoms with Crippen molar-refractivity contribution >= 4 is 29.3 Å². The minimum atomic E-state index is -1.07. The summed E-state index contributed by atoms with van der Waals surface area (Å²) in [5, 5.41) is 2.88. The number of thioether (sulfide) groups is 1. The molecule has 0 spiro atoms. The highest BCUT2D eigenvalue weighted by molar-refractivity contribution is 8.02. The fraction of sp³-hybridized carbons (Fsp3) is 0.500. The second-order valence-electron chi connectivity index (χ2n) is 5.93. The summed E-state index contributed by atoms with van der Waals surface area (Å²) in [6.45, 7) is 4.57. The van der Waals surface area contributed by atoms with E-state index in [1.54, 1.807) is 6.92 Å². The van der Waals surface area contributed by atoms with Crippen molar-refractivity contribution in [3.8, 4) is 0 Å². The molecular weight excluding hydrogens is 284 g/mol. The first kappa shape index (κ1) is 14.4. The molecule has 21 heavy (non-hydrogen) atoms. The van der Waals surface area contributed by atoms with Gasteiger partial charge < -0.3 is 10.2 Å². The van der Waals surface area contributed by atoms with E-state index in [2.05, 4.69) is 12.2 Å². The fourth-order valence-corrected chi connectivity index (χ4v) is 4.15. The quantitative estimate of drug-likeness (QED) is 0.812. The standard InChI is InChI=1S/C16H20N2O2S/c1-11-7-5-6-10-18(11)15(20)16(2)14(19)17-12-8-3-4-9-13(12)21-16/h3-4,8-9,11H,5-7,10H2,1-2H3,(H,17,19). The van der Waals surface area contributed by atoms with Gasteiger partial charge >= 0.3 is 0 Å². The fourth-order valence-electron chi connectivity index (χ4n) is 2.98. The summed E-state index contributed by atoms with van der Waals surface area (Å²) in [5.74, 6) is -0.277. The summed E-state index contributed by atoms with van der Waals surface area (Å²) in [5.41, 5.74) is 0.796. The number of nitrogens with zero attached hydrogens (tertiary/aromatic N) is 1. The monoisotopic (exact) mass is 304 g/mol. The number of carbonyl (C=O) groups is 2. The van der Waals surface area contributed by atoms with E-state index in [4.69, 9.17) is 0 Å². The zero-order valence-corrected chi connectivity index (χ0v) is 13.2. The van der Waals surface area contributed by atoms with E-state index in [1.165, 1.54) is 11.8 Å². The minimum absolute atomic E-state index is 0.0632. The number of hydrogen-bond acceptors (Lipinski definition) is 3. The van der Waals surface area contributed by atoms with Crippen LogP contribution in [0.5, 0.6) is 0 Å². The van der Waals surface area contributed by atoms with Crippen molar-refractivity contribution in [1.29, 1.82) is 0 Å². The van der Waals surface area contributed by atoms with Crippen molar-refractivity contribution in [2.75, 3.05) is 11.9 Å². The summed E-state index contributed by atoms with van der Waals surface area (Å²) >= 11 is 1.37. The third-order valence-corrected chi connectivity index (χ3v) is 5.70. The Morgan fingerprint density at radius 1 is 1.38 bits per heavy atom. The highest BCUT2D eigenvalue weighted by Gasteiger charge is 2.48. The first-order valence-corrected chi connectivity index (χ1v) is 8.24. The molecule has 4 nitrogen and oxygen atoms in total. The van der Waals surface area contributed by atoms with Gasteiger partial charge in [-0.15, -0.1) is 0 Å². The molecule has 2 amide bonds. The number of carbonyl (C=O) groups excluding carboxylic acids is 2. The molecule has 0 aliphatic carbocycles. The number of piperidine rings is 1. The molecule has 2 unspecified atom stereocenters. The van der Waals surface area contributed by atoms with Gasteiger partial charge in [0.2, 0.25) is 11.8 Å². The van der Waals surface area contributed by atoms with Crippen LogP contribution < -0.4 is 5.32 Å². The van der Waals surface area contributed by atoms with Crippen molar-refractivity contribution in [3.63, 3.8) is 0 Å². The topological polar surface area (TPSA) is 49.4 Å². The number of anilines is 1. The Hall–Kier alpha value is -1.49. The lowest BCUT2D eigenvalue weighted by Crippen LogP contribution is -2.56. The van der Waals surface area contributed by atoms with Crippen LogP contribution in [0.3, 0.4) is 0 Å². The Balaban J connectivity index is 1.90. The largest absolute Gasteiger partial charge is 0.338 e. The van der Waals surface area contributed by atoms with E-state index in [-0.39, 0.29) is 17.9 Å². The van der Waals surface area contributed by atoms with E-state index < -0.39 is 4.75 Å². The number of benzene rings is 1. The smallest absolute Gasteiger partial charge is 0.250 e. The van der Waals surface area contributed by atoms with Gasteiger partial charge in [0.1, 0.15) is 0 Å². The Bertz CT molecular complexity index is 589. The molecule has 2 aliphatic heterocycles. The molecule has 1 N–H and O–H groups in total. The van der Waals surface area contributed by atoms with Gasteiger partial charge in [-0.05, 0) is 45.2 Å². The molecular formula is C16H20N2O2S. The summed E-state index contributed by atoms with van der Waals surface area (Å²) in [4.78, 5) is 28.3. The first-order chi connectivity index (χ1) is 10.0. The summed E-state index contributed by atoms with van der Waals surface area (Å²) in [6, 6.07) is 7.85. The number of likely N-dealkylation sites (tertiary alicyclic amines) is 1. The van der Waals surface area contributed by atoms with Crippen LogP contribution in [0.25, 0.3) is 0 Å². The molecule has 0 saturated carbocycles. The van der Waals surface area contributed by atoms with Gasteiger partial charge in [0.05, 0.1) is 5.69 Å². The van der Waals surface area contributed by atoms with Crippen molar-refractivity contribution in [3.05, 3.63) is 24.3 Å². The normalized spacial score (nSPS) is 28.8. The van der Waals surface area contributed by atoms with Crippen molar-refractivity contribution in [2.45, 2.75) is 48.8 Å². The zero-order chi connectivity index (χ0) is 15.0. The minimum Gasteiger partial charge on any atom is -0.338 e. The SMILES string of the molecule is CC1CCCCN1C(=O)C1(C)Sc2ccccc2NC1=O. The Morgan fingerprint density at radius 3 is 2.90 bits per heavy atom. The Kier molecular flexibility index (Phi) is 3.69. The van der Waals surface area contributed by atoms with Crippen LogP contribution in [0.2, 0.25) is 0 Å². The highest BCUT2D eigenvalue weighted by atomic mass is 32.2. The van der Waals surface area contributed by atoms with E-state index in [0.717, 1.165) is 36.4 Å². The van der Waals surface area contributed by atoms with Crippen LogP contribution in [0.15, 0.2) is 29.2 Å². The number of nitrogens with one attached hydrogen (secondary N) is 1. The molecule has 5 heteroatoms. The maximum absolute atomic E-state index is 12.9. The second kappa shape index (κ2) is 5.37. The molecule has 0 aromatic heterocycles. The summed E-state index contributed by atoms with van der Waals surface area (Å²) in [7, 11) is 0. The Labute approximate surface area is 129 Å². The molecule has 1 fully saturated rings. The van der Waals surface area contributed by atoms with E-state index >= 15 is 0 Å². The number of amides is 2. The maximum atomic E-state index is 12.9. The summed E-state index contributed by atoms with van der Waals surface area (Å²) < 4.78 is -1.07. The lowest BCUT2D eigenvalue weighted by atomic mass is 10.00. The van der Waals surface area contributed by atoms with Gasteiger partial charge in [-0.25, -0.2) is 0 Å². The number of hydrogen-bond donors (Lipinski definition) is 1. The molecule has 2 atom stereocenters. The van der Waals surface area contributed by atoms with Crippen LogP contribution in [0.4, 0.5) is 5.69 Å². The van der Waals surface area contributed by atoms with E-state index in [0.29, 0.717) is 0 Å².